The van der Waals surface area contributed by atoms with Gasteiger partial charge in [-0.3, -0.25) is 4.98 Å². The Morgan fingerprint density at radius 3 is 3.10 bits per heavy atom. The van der Waals surface area contributed by atoms with E-state index in [-0.39, 0.29) is 0 Å². The van der Waals surface area contributed by atoms with Crippen LogP contribution in [0.25, 0.3) is 0 Å². The molecule has 1 aromatic heterocycles. The normalized spacial score (nSPS) is 9.80. The van der Waals surface area contributed by atoms with Gasteiger partial charge in [-0.1, -0.05) is 0 Å². The van der Waals surface area contributed by atoms with E-state index in [1.54, 1.807) is 19.5 Å². The van der Waals surface area contributed by atoms with Gasteiger partial charge in [0.25, 0.3) is 0 Å². The maximum absolute atomic E-state index is 4.93. The minimum atomic E-state index is 0.599. The molecule has 0 N–H and O–H groups in total. The average molecular weight is 155 g/mol. The smallest absolute Gasteiger partial charge is 0.0724 e. The first kappa shape index (κ1) is 7.57. The number of aromatic nitrogens is 1. The highest BCUT2D eigenvalue weighted by molar-refractivity contribution is 7.80. The molecular formula is C7H9NOS. The van der Waals surface area contributed by atoms with Crippen molar-refractivity contribution >= 4 is 12.6 Å². The van der Waals surface area contributed by atoms with Crippen molar-refractivity contribution in [2.75, 3.05) is 7.11 Å². The van der Waals surface area contributed by atoms with Gasteiger partial charge in [-0.2, -0.15) is 0 Å². The topological polar surface area (TPSA) is 22.1 Å². The molecule has 2 nitrogen and oxygen atoms in total. The summed E-state index contributed by atoms with van der Waals surface area (Å²) in [4.78, 5) is 4.77. The predicted molar refractivity (Wildman–Crippen MR) is 42.2 cm³/mol. The van der Waals surface area contributed by atoms with Crippen LogP contribution in [0.1, 0.15) is 5.56 Å². The summed E-state index contributed by atoms with van der Waals surface area (Å²) in [6, 6.07) is 1.89. The summed E-state index contributed by atoms with van der Waals surface area (Å²) in [6.45, 7) is 0.599. The molecule has 0 radical (unpaired) electrons. The van der Waals surface area contributed by atoms with Gasteiger partial charge >= 0.3 is 0 Å². The SMILES string of the molecule is COCc1ccncc1S. The van der Waals surface area contributed by atoms with Crippen LogP contribution in [0, 0.1) is 0 Å². The lowest BCUT2D eigenvalue weighted by molar-refractivity contribution is 0.183. The fourth-order valence-electron chi connectivity index (χ4n) is 0.692. The number of pyridine rings is 1. The van der Waals surface area contributed by atoms with E-state index in [2.05, 4.69) is 17.6 Å². The molecule has 0 spiro atoms. The summed E-state index contributed by atoms with van der Waals surface area (Å²) < 4.78 is 4.93. The first-order valence-electron chi connectivity index (χ1n) is 2.95. The highest BCUT2D eigenvalue weighted by Gasteiger charge is 1.94. The summed E-state index contributed by atoms with van der Waals surface area (Å²) >= 11 is 4.19. The van der Waals surface area contributed by atoms with Crippen LogP contribution in [0.5, 0.6) is 0 Å². The molecule has 0 atom stereocenters. The van der Waals surface area contributed by atoms with E-state index in [0.29, 0.717) is 6.61 Å². The van der Waals surface area contributed by atoms with E-state index < -0.39 is 0 Å². The molecule has 0 saturated heterocycles. The molecule has 0 aliphatic carbocycles. The number of thiol groups is 1. The first-order chi connectivity index (χ1) is 4.84. The Bertz CT molecular complexity index is 215. The van der Waals surface area contributed by atoms with E-state index >= 15 is 0 Å². The standard InChI is InChI=1S/C7H9NOS/c1-9-5-6-2-3-8-4-7(6)10/h2-4,10H,5H2,1H3. The van der Waals surface area contributed by atoms with Crippen LogP contribution >= 0.6 is 12.6 Å². The van der Waals surface area contributed by atoms with Crippen molar-refractivity contribution in [2.45, 2.75) is 11.5 Å². The molecule has 0 aromatic carbocycles. The van der Waals surface area contributed by atoms with Crippen molar-refractivity contribution in [3.8, 4) is 0 Å². The maximum atomic E-state index is 4.93. The van der Waals surface area contributed by atoms with Gasteiger partial charge in [-0.25, -0.2) is 0 Å². The number of nitrogens with zero attached hydrogens (tertiary/aromatic N) is 1. The van der Waals surface area contributed by atoms with Crippen molar-refractivity contribution < 1.29 is 4.74 Å². The Balaban J connectivity index is 2.81. The molecule has 0 unspecified atom stereocenters. The van der Waals surface area contributed by atoms with Crippen molar-refractivity contribution in [2.24, 2.45) is 0 Å². The zero-order chi connectivity index (χ0) is 7.40. The fourth-order valence-corrected chi connectivity index (χ4v) is 0.898. The third-order valence-electron chi connectivity index (χ3n) is 1.19. The summed E-state index contributed by atoms with van der Waals surface area (Å²) in [5.74, 6) is 0. The number of rotatable bonds is 2. The highest BCUT2D eigenvalue weighted by atomic mass is 32.1. The second-order valence-corrected chi connectivity index (χ2v) is 2.42. The van der Waals surface area contributed by atoms with Crippen LogP contribution in [0.2, 0.25) is 0 Å². The average Bonchev–Trinajstić information content (AvgIpc) is 1.94. The van der Waals surface area contributed by atoms with Crippen molar-refractivity contribution in [1.29, 1.82) is 0 Å². The summed E-state index contributed by atoms with van der Waals surface area (Å²) in [5, 5.41) is 0. The Hall–Kier alpha value is -0.540. The highest BCUT2D eigenvalue weighted by Crippen LogP contribution is 2.11. The first-order valence-corrected chi connectivity index (χ1v) is 3.40. The van der Waals surface area contributed by atoms with Crippen LogP contribution < -0.4 is 0 Å². The van der Waals surface area contributed by atoms with E-state index in [1.165, 1.54) is 0 Å². The Kier molecular flexibility index (Phi) is 2.71. The third kappa shape index (κ3) is 1.72. The van der Waals surface area contributed by atoms with Gasteiger partial charge in [0.1, 0.15) is 0 Å². The molecule has 1 aromatic rings. The Morgan fingerprint density at radius 1 is 1.70 bits per heavy atom. The Morgan fingerprint density at radius 2 is 2.50 bits per heavy atom. The van der Waals surface area contributed by atoms with E-state index in [9.17, 15) is 0 Å². The van der Waals surface area contributed by atoms with E-state index in [0.717, 1.165) is 10.5 Å². The van der Waals surface area contributed by atoms with Crippen molar-refractivity contribution in [3.05, 3.63) is 24.0 Å². The quantitative estimate of drug-likeness (QED) is 0.654. The molecular weight excluding hydrogens is 146 g/mol. The summed E-state index contributed by atoms with van der Waals surface area (Å²) in [5.41, 5.74) is 1.07. The van der Waals surface area contributed by atoms with Gasteiger partial charge in [-0.05, 0) is 11.6 Å². The minimum absolute atomic E-state index is 0.599. The van der Waals surface area contributed by atoms with Crippen LogP contribution in [-0.4, -0.2) is 12.1 Å². The van der Waals surface area contributed by atoms with Gasteiger partial charge in [0.2, 0.25) is 0 Å². The molecule has 1 heterocycles. The van der Waals surface area contributed by atoms with Crippen LogP contribution in [0.15, 0.2) is 23.4 Å². The molecule has 3 heteroatoms. The largest absolute Gasteiger partial charge is 0.380 e. The number of hydrogen-bond donors (Lipinski definition) is 1. The molecule has 0 aliphatic heterocycles. The van der Waals surface area contributed by atoms with E-state index in [4.69, 9.17) is 4.74 Å². The second kappa shape index (κ2) is 3.58. The van der Waals surface area contributed by atoms with Crippen molar-refractivity contribution in [3.63, 3.8) is 0 Å². The lowest BCUT2D eigenvalue weighted by Crippen LogP contribution is -1.89. The second-order valence-electron chi connectivity index (χ2n) is 1.94. The van der Waals surface area contributed by atoms with Gasteiger partial charge < -0.3 is 4.74 Å². The Labute approximate surface area is 65.6 Å². The zero-order valence-electron chi connectivity index (χ0n) is 5.74. The van der Waals surface area contributed by atoms with Gasteiger partial charge in [-0.15, -0.1) is 12.6 Å². The van der Waals surface area contributed by atoms with Crippen LogP contribution in [0.4, 0.5) is 0 Å². The van der Waals surface area contributed by atoms with Gasteiger partial charge in [0.15, 0.2) is 0 Å². The van der Waals surface area contributed by atoms with Crippen molar-refractivity contribution in [1.82, 2.24) is 4.98 Å². The van der Waals surface area contributed by atoms with Crippen LogP contribution in [0.3, 0.4) is 0 Å². The molecule has 0 bridgehead atoms. The molecule has 10 heavy (non-hydrogen) atoms. The fraction of sp³-hybridized carbons (Fsp3) is 0.286. The number of ether oxygens (including phenoxy) is 1. The monoisotopic (exact) mass is 155 g/mol. The lowest BCUT2D eigenvalue weighted by atomic mass is 10.3. The molecule has 0 amide bonds. The molecule has 0 fully saturated rings. The summed E-state index contributed by atoms with van der Waals surface area (Å²) in [7, 11) is 1.66. The number of hydrogen-bond acceptors (Lipinski definition) is 3. The lowest BCUT2D eigenvalue weighted by Gasteiger charge is -2.00. The summed E-state index contributed by atoms with van der Waals surface area (Å²) in [6.07, 6.45) is 3.44. The molecule has 0 aliphatic rings. The predicted octanol–water partition coefficient (Wildman–Crippen LogP) is 1.52. The van der Waals surface area contributed by atoms with Crippen LogP contribution in [-0.2, 0) is 11.3 Å². The molecule has 0 saturated carbocycles. The third-order valence-corrected chi connectivity index (χ3v) is 1.59. The zero-order valence-corrected chi connectivity index (χ0v) is 6.64. The van der Waals surface area contributed by atoms with Gasteiger partial charge in [0.05, 0.1) is 6.61 Å². The molecule has 1 rings (SSSR count). The maximum Gasteiger partial charge on any atom is 0.0724 e. The number of methoxy groups -OCH3 is 1. The van der Waals surface area contributed by atoms with E-state index in [1.807, 2.05) is 6.07 Å². The molecule has 54 valence electrons. The van der Waals surface area contributed by atoms with Gasteiger partial charge in [0, 0.05) is 24.4 Å². The minimum Gasteiger partial charge on any atom is -0.380 e.